The van der Waals surface area contributed by atoms with Crippen LogP contribution < -0.4 is 4.74 Å². The lowest BCUT2D eigenvalue weighted by molar-refractivity contribution is 0.415. The summed E-state index contributed by atoms with van der Waals surface area (Å²) in [5.41, 5.74) is 2.04. The largest absolute Gasteiger partial charge is 0.497 e. The molecule has 1 fully saturated rings. The number of sulfonamides is 1. The third-order valence-corrected chi connectivity index (χ3v) is 6.92. The molecule has 7 nitrogen and oxygen atoms in total. The Morgan fingerprint density at radius 1 is 0.964 bits per heavy atom. The fraction of sp³-hybridized carbons (Fsp3) is 0.300. The summed E-state index contributed by atoms with van der Waals surface area (Å²) in [6.07, 6.45) is 1.79. The van der Waals surface area contributed by atoms with Gasteiger partial charge in [0.05, 0.1) is 12.0 Å². The topological polar surface area (TPSA) is 85.5 Å². The van der Waals surface area contributed by atoms with Crippen molar-refractivity contribution in [2.24, 2.45) is 0 Å². The predicted molar refractivity (Wildman–Crippen MR) is 104 cm³/mol. The van der Waals surface area contributed by atoms with Crippen LogP contribution in [0.3, 0.4) is 0 Å². The van der Waals surface area contributed by atoms with E-state index in [0.717, 1.165) is 24.2 Å². The van der Waals surface area contributed by atoms with Gasteiger partial charge in [-0.3, -0.25) is 0 Å². The van der Waals surface area contributed by atoms with Gasteiger partial charge in [0.25, 0.3) is 0 Å². The smallest absolute Gasteiger partial charge is 0.248 e. The number of hydrogen-bond donors (Lipinski definition) is 0. The Bertz CT molecular complexity index is 1080. The van der Waals surface area contributed by atoms with E-state index in [1.807, 2.05) is 24.3 Å². The highest BCUT2D eigenvalue weighted by Crippen LogP contribution is 2.30. The highest BCUT2D eigenvalue weighted by Gasteiger charge is 2.29. The van der Waals surface area contributed by atoms with E-state index >= 15 is 0 Å². The molecule has 0 radical (unpaired) electrons. The lowest BCUT2D eigenvalue weighted by atomic mass is 10.1. The maximum Gasteiger partial charge on any atom is 0.248 e. The lowest BCUT2D eigenvalue weighted by Crippen LogP contribution is -2.28. The quantitative estimate of drug-likeness (QED) is 0.653. The van der Waals surface area contributed by atoms with Crippen molar-refractivity contribution in [1.82, 2.24) is 14.5 Å². The molecule has 0 bridgehead atoms. The summed E-state index contributed by atoms with van der Waals surface area (Å²) in [4.78, 5) is 0.288. The van der Waals surface area contributed by atoms with Crippen molar-refractivity contribution in [1.29, 1.82) is 0 Å². The van der Waals surface area contributed by atoms with Gasteiger partial charge < -0.3 is 9.15 Å². The number of aromatic nitrogens is 2. The molecule has 146 valence electrons. The number of hydrogen-bond acceptors (Lipinski definition) is 6. The van der Waals surface area contributed by atoms with Gasteiger partial charge in [0.15, 0.2) is 0 Å². The van der Waals surface area contributed by atoms with Gasteiger partial charge in [-0.05, 0) is 61.7 Å². The average Bonchev–Trinajstić information content (AvgIpc) is 3.41. The van der Waals surface area contributed by atoms with Gasteiger partial charge in [0.2, 0.25) is 21.8 Å². The predicted octanol–water partition coefficient (Wildman–Crippen LogP) is 3.51. The van der Waals surface area contributed by atoms with Crippen molar-refractivity contribution in [3.05, 3.63) is 48.0 Å². The molecule has 0 atom stereocenters. The molecule has 3 aromatic rings. The van der Waals surface area contributed by atoms with Gasteiger partial charge in [-0.15, -0.1) is 10.2 Å². The van der Waals surface area contributed by atoms with Gasteiger partial charge in [0, 0.05) is 24.2 Å². The van der Waals surface area contributed by atoms with E-state index in [9.17, 15) is 8.42 Å². The average molecular weight is 399 g/mol. The molecule has 0 spiro atoms. The third-order valence-electron chi connectivity index (χ3n) is 4.88. The molecular weight excluding hydrogens is 378 g/mol. The van der Waals surface area contributed by atoms with E-state index in [1.54, 1.807) is 32.2 Å². The SMILES string of the molecule is COc1ccc(-c2nnc(-c3ccc(C)c(S(=O)(=O)N4CCCC4)c3)o2)cc1. The van der Waals surface area contributed by atoms with Gasteiger partial charge in [0.1, 0.15) is 5.75 Å². The van der Waals surface area contributed by atoms with Crippen molar-refractivity contribution in [2.45, 2.75) is 24.7 Å². The van der Waals surface area contributed by atoms with Crippen molar-refractivity contribution in [3.8, 4) is 28.7 Å². The maximum atomic E-state index is 13.0. The molecule has 1 aliphatic heterocycles. The summed E-state index contributed by atoms with van der Waals surface area (Å²) in [7, 11) is -1.92. The summed E-state index contributed by atoms with van der Waals surface area (Å²) in [6, 6.07) is 12.5. The Morgan fingerprint density at radius 3 is 2.21 bits per heavy atom. The second-order valence-corrected chi connectivity index (χ2v) is 8.64. The van der Waals surface area contributed by atoms with Crippen LogP contribution in [0.1, 0.15) is 18.4 Å². The lowest BCUT2D eigenvalue weighted by Gasteiger charge is -2.17. The van der Waals surface area contributed by atoms with Crippen LogP contribution in [0, 0.1) is 6.92 Å². The van der Waals surface area contributed by atoms with E-state index in [-0.39, 0.29) is 10.8 Å². The molecule has 0 N–H and O–H groups in total. The molecule has 0 saturated carbocycles. The molecule has 28 heavy (non-hydrogen) atoms. The van der Waals surface area contributed by atoms with Crippen LogP contribution in [0.25, 0.3) is 22.9 Å². The number of aryl methyl sites for hydroxylation is 1. The van der Waals surface area contributed by atoms with E-state index in [1.165, 1.54) is 4.31 Å². The first-order valence-electron chi connectivity index (χ1n) is 9.08. The first-order chi connectivity index (χ1) is 13.5. The van der Waals surface area contributed by atoms with Crippen molar-refractivity contribution >= 4 is 10.0 Å². The standard InChI is InChI=1S/C20H21N3O4S/c1-14-5-6-16(13-18(14)28(24,25)23-11-3-4-12-23)20-22-21-19(27-20)15-7-9-17(26-2)10-8-15/h5-10,13H,3-4,11-12H2,1-2H3. The zero-order valence-electron chi connectivity index (χ0n) is 15.8. The Kier molecular flexibility index (Phi) is 4.91. The molecule has 0 aliphatic carbocycles. The van der Waals surface area contributed by atoms with Gasteiger partial charge >= 0.3 is 0 Å². The molecule has 2 aromatic carbocycles. The highest BCUT2D eigenvalue weighted by atomic mass is 32.2. The second-order valence-electron chi connectivity index (χ2n) is 6.73. The summed E-state index contributed by atoms with van der Waals surface area (Å²) >= 11 is 0. The Hall–Kier alpha value is -2.71. The van der Waals surface area contributed by atoms with Crippen LogP contribution in [0.5, 0.6) is 5.75 Å². The summed E-state index contributed by atoms with van der Waals surface area (Å²) in [6.45, 7) is 2.92. The van der Waals surface area contributed by atoms with Crippen LogP contribution in [0.4, 0.5) is 0 Å². The van der Waals surface area contributed by atoms with E-state index in [0.29, 0.717) is 30.1 Å². The number of rotatable bonds is 5. The van der Waals surface area contributed by atoms with Crippen LogP contribution >= 0.6 is 0 Å². The fourth-order valence-electron chi connectivity index (χ4n) is 3.27. The molecule has 4 rings (SSSR count). The minimum absolute atomic E-state index is 0.281. The van der Waals surface area contributed by atoms with Crippen LogP contribution in [-0.4, -0.2) is 43.1 Å². The Balaban J connectivity index is 1.68. The Labute approximate surface area is 164 Å². The molecule has 8 heteroatoms. The molecule has 0 unspecified atom stereocenters. The van der Waals surface area contributed by atoms with Gasteiger partial charge in [-0.2, -0.15) is 4.31 Å². The normalized spacial score (nSPS) is 15.1. The Morgan fingerprint density at radius 2 is 1.57 bits per heavy atom. The van der Waals surface area contributed by atoms with E-state index in [2.05, 4.69) is 10.2 Å². The highest BCUT2D eigenvalue weighted by molar-refractivity contribution is 7.89. The number of ether oxygens (including phenoxy) is 1. The van der Waals surface area contributed by atoms with Crippen LogP contribution in [-0.2, 0) is 10.0 Å². The monoisotopic (exact) mass is 399 g/mol. The zero-order valence-corrected chi connectivity index (χ0v) is 16.6. The summed E-state index contributed by atoms with van der Waals surface area (Å²) in [5.74, 6) is 1.38. The summed E-state index contributed by atoms with van der Waals surface area (Å²) < 4.78 is 38.4. The van der Waals surface area contributed by atoms with Crippen molar-refractivity contribution in [3.63, 3.8) is 0 Å². The van der Waals surface area contributed by atoms with Gasteiger partial charge in [-0.1, -0.05) is 6.07 Å². The molecule has 1 aromatic heterocycles. The van der Waals surface area contributed by atoms with Crippen molar-refractivity contribution < 1.29 is 17.6 Å². The van der Waals surface area contributed by atoms with Crippen LogP contribution in [0.2, 0.25) is 0 Å². The molecule has 2 heterocycles. The molecule has 1 saturated heterocycles. The number of benzene rings is 2. The van der Waals surface area contributed by atoms with Crippen molar-refractivity contribution in [2.75, 3.05) is 20.2 Å². The first kappa shape index (κ1) is 18.6. The minimum atomic E-state index is -3.52. The fourth-order valence-corrected chi connectivity index (χ4v) is 5.04. The zero-order chi connectivity index (χ0) is 19.7. The molecule has 0 amide bonds. The van der Waals surface area contributed by atoms with Crippen LogP contribution in [0.15, 0.2) is 51.8 Å². The number of methoxy groups -OCH3 is 1. The molecule has 1 aliphatic rings. The van der Waals surface area contributed by atoms with E-state index in [4.69, 9.17) is 9.15 Å². The maximum absolute atomic E-state index is 13.0. The number of nitrogens with zero attached hydrogens (tertiary/aromatic N) is 3. The third kappa shape index (κ3) is 3.41. The van der Waals surface area contributed by atoms with E-state index < -0.39 is 10.0 Å². The summed E-state index contributed by atoms with van der Waals surface area (Å²) in [5, 5.41) is 8.19. The first-order valence-corrected chi connectivity index (χ1v) is 10.5. The minimum Gasteiger partial charge on any atom is -0.497 e. The second kappa shape index (κ2) is 7.37. The van der Waals surface area contributed by atoms with Gasteiger partial charge in [-0.25, -0.2) is 8.42 Å². The molecular formula is C20H21N3O4S.